The van der Waals surface area contributed by atoms with Crippen molar-refractivity contribution < 1.29 is 24.2 Å². The highest BCUT2D eigenvalue weighted by Crippen LogP contribution is 2.49. The van der Waals surface area contributed by atoms with E-state index in [1.807, 2.05) is 0 Å². The standard InChI is InChI=1S/C20H25NO5S/c1-26-20(25)16-12-4-2-3-5-13(12)27-18(16)21-17(22)14-10-6-8-11(9-7-10)15(14)19(23)24/h10-11,14-15H,2-9H2,1H3,(H,21,22)(H,23,24)/t10?,11?,14-,15-/m1/s1. The van der Waals surface area contributed by atoms with E-state index in [1.165, 1.54) is 18.4 Å². The van der Waals surface area contributed by atoms with Crippen LogP contribution in [0.5, 0.6) is 0 Å². The number of esters is 1. The lowest BCUT2D eigenvalue weighted by molar-refractivity contribution is -0.156. The van der Waals surface area contributed by atoms with Crippen LogP contribution in [0.4, 0.5) is 5.00 Å². The lowest BCUT2D eigenvalue weighted by atomic mass is 9.58. The van der Waals surface area contributed by atoms with Gasteiger partial charge in [-0.2, -0.15) is 0 Å². The number of amides is 1. The molecule has 27 heavy (non-hydrogen) atoms. The number of carbonyl (C=O) groups excluding carboxylic acids is 2. The van der Waals surface area contributed by atoms with Crippen molar-refractivity contribution in [3.63, 3.8) is 0 Å². The van der Waals surface area contributed by atoms with Crippen LogP contribution in [0.15, 0.2) is 0 Å². The molecule has 146 valence electrons. The minimum atomic E-state index is -0.872. The van der Waals surface area contributed by atoms with Crippen molar-refractivity contribution in [3.8, 4) is 0 Å². The Morgan fingerprint density at radius 2 is 1.67 bits per heavy atom. The van der Waals surface area contributed by atoms with Gasteiger partial charge in [-0.3, -0.25) is 9.59 Å². The predicted octanol–water partition coefficient (Wildman–Crippen LogP) is 3.49. The molecule has 4 aliphatic carbocycles. The van der Waals surface area contributed by atoms with Gasteiger partial charge < -0.3 is 15.2 Å². The average Bonchev–Trinajstić information content (AvgIpc) is 3.05. The second kappa shape index (κ2) is 7.26. The number of aryl methyl sites for hydroxylation is 1. The van der Waals surface area contributed by atoms with Crippen molar-refractivity contribution in [2.75, 3.05) is 12.4 Å². The number of fused-ring (bicyclic) bond motifs is 4. The number of hydrogen-bond acceptors (Lipinski definition) is 5. The molecule has 2 N–H and O–H groups in total. The molecule has 1 aromatic heterocycles. The first-order valence-electron chi connectivity index (χ1n) is 9.77. The molecular formula is C20H25NO5S. The zero-order valence-electron chi connectivity index (χ0n) is 15.5. The third kappa shape index (κ3) is 3.16. The third-order valence-corrected chi connectivity index (χ3v) is 7.81. The summed E-state index contributed by atoms with van der Waals surface area (Å²) in [6, 6.07) is 0. The van der Waals surface area contributed by atoms with Gasteiger partial charge in [0, 0.05) is 4.88 Å². The van der Waals surface area contributed by atoms with E-state index >= 15 is 0 Å². The Balaban J connectivity index is 1.64. The second-order valence-electron chi connectivity index (χ2n) is 7.96. The van der Waals surface area contributed by atoms with Gasteiger partial charge in [-0.05, 0) is 68.8 Å². The molecule has 1 heterocycles. The number of aliphatic carboxylic acids is 1. The highest BCUT2D eigenvalue weighted by Gasteiger charge is 2.50. The summed E-state index contributed by atoms with van der Waals surface area (Å²) in [5.41, 5.74) is 1.46. The summed E-state index contributed by atoms with van der Waals surface area (Å²) in [4.78, 5) is 38.5. The van der Waals surface area contributed by atoms with E-state index in [4.69, 9.17) is 4.74 Å². The highest BCUT2D eigenvalue weighted by molar-refractivity contribution is 7.17. The Bertz CT molecular complexity index is 778. The number of thiophene rings is 1. The maximum absolute atomic E-state index is 13.1. The van der Waals surface area contributed by atoms with E-state index < -0.39 is 23.8 Å². The Hall–Kier alpha value is -1.89. The lowest BCUT2D eigenvalue weighted by Gasteiger charge is -2.45. The molecule has 6 nitrogen and oxygen atoms in total. The van der Waals surface area contributed by atoms with Crippen molar-refractivity contribution in [1.82, 2.24) is 0 Å². The maximum atomic E-state index is 13.1. The van der Waals surface area contributed by atoms with E-state index in [1.54, 1.807) is 0 Å². The molecule has 7 heteroatoms. The number of methoxy groups -OCH3 is 1. The van der Waals surface area contributed by atoms with Crippen LogP contribution < -0.4 is 5.32 Å². The topological polar surface area (TPSA) is 92.7 Å². The van der Waals surface area contributed by atoms with E-state index in [-0.39, 0.29) is 17.7 Å². The van der Waals surface area contributed by atoms with Crippen LogP contribution in [0.2, 0.25) is 0 Å². The number of carboxylic acids is 1. The van der Waals surface area contributed by atoms with Crippen LogP contribution in [-0.2, 0) is 27.2 Å². The fourth-order valence-electron chi connectivity index (χ4n) is 5.35. The summed E-state index contributed by atoms with van der Waals surface area (Å²) in [7, 11) is 1.35. The molecule has 3 saturated carbocycles. The normalized spacial score (nSPS) is 29.1. The van der Waals surface area contributed by atoms with Crippen LogP contribution in [0.3, 0.4) is 0 Å². The van der Waals surface area contributed by atoms with E-state index in [9.17, 15) is 19.5 Å². The van der Waals surface area contributed by atoms with Crippen molar-refractivity contribution in [2.45, 2.75) is 51.4 Å². The molecule has 1 aromatic rings. The van der Waals surface area contributed by atoms with Crippen molar-refractivity contribution in [2.24, 2.45) is 23.7 Å². The minimum absolute atomic E-state index is 0.0832. The number of ether oxygens (including phenoxy) is 1. The van der Waals surface area contributed by atoms with Gasteiger partial charge in [0.25, 0.3) is 0 Å². The van der Waals surface area contributed by atoms with Gasteiger partial charge in [-0.15, -0.1) is 11.3 Å². The largest absolute Gasteiger partial charge is 0.481 e. The fraction of sp³-hybridized carbons (Fsp3) is 0.650. The highest BCUT2D eigenvalue weighted by atomic mass is 32.1. The summed E-state index contributed by atoms with van der Waals surface area (Å²) in [5.74, 6) is -2.48. The summed E-state index contributed by atoms with van der Waals surface area (Å²) < 4.78 is 4.96. The van der Waals surface area contributed by atoms with Gasteiger partial charge in [0.05, 0.1) is 24.5 Å². The molecule has 0 spiro atoms. The van der Waals surface area contributed by atoms with E-state index in [0.29, 0.717) is 10.6 Å². The number of carbonyl (C=O) groups is 3. The monoisotopic (exact) mass is 391 g/mol. The van der Waals surface area contributed by atoms with Crippen LogP contribution >= 0.6 is 11.3 Å². The van der Waals surface area contributed by atoms with Gasteiger partial charge in [-0.1, -0.05) is 0 Å². The summed E-state index contributed by atoms with van der Waals surface area (Å²) in [5, 5.41) is 13.2. The van der Waals surface area contributed by atoms with Gasteiger partial charge in [0.2, 0.25) is 5.91 Å². The molecule has 5 rings (SSSR count). The average molecular weight is 391 g/mol. The predicted molar refractivity (Wildman–Crippen MR) is 101 cm³/mol. The molecule has 0 aliphatic heterocycles. The third-order valence-electron chi connectivity index (χ3n) is 6.60. The minimum Gasteiger partial charge on any atom is -0.481 e. The number of carboxylic acid groups (broad SMARTS) is 1. The molecule has 0 unspecified atom stereocenters. The number of anilines is 1. The first-order chi connectivity index (χ1) is 13.0. The number of nitrogens with one attached hydrogen (secondary N) is 1. The molecule has 1 amide bonds. The van der Waals surface area contributed by atoms with Crippen LogP contribution in [-0.4, -0.2) is 30.1 Å². The SMILES string of the molecule is COC(=O)c1c(NC(=O)[C@@H]2C3CCC(CC3)[C@H]2C(=O)O)sc2c1CCCC2. The Morgan fingerprint density at radius 3 is 2.30 bits per heavy atom. The van der Waals surface area contributed by atoms with Crippen molar-refractivity contribution in [1.29, 1.82) is 0 Å². The Labute approximate surface area is 162 Å². The molecule has 2 atom stereocenters. The van der Waals surface area contributed by atoms with Gasteiger partial charge in [0.15, 0.2) is 0 Å². The zero-order valence-corrected chi connectivity index (χ0v) is 16.3. The Kier molecular flexibility index (Phi) is 4.97. The van der Waals surface area contributed by atoms with E-state index in [2.05, 4.69) is 5.32 Å². The Morgan fingerprint density at radius 1 is 1.04 bits per heavy atom. The molecule has 4 aliphatic rings. The molecule has 0 aromatic carbocycles. The van der Waals surface area contributed by atoms with Crippen LogP contribution in [0, 0.1) is 23.7 Å². The number of rotatable bonds is 4. The molecule has 2 bridgehead atoms. The lowest BCUT2D eigenvalue weighted by Crippen LogP contribution is -2.49. The smallest absolute Gasteiger partial charge is 0.341 e. The van der Waals surface area contributed by atoms with Crippen molar-refractivity contribution in [3.05, 3.63) is 16.0 Å². The molecule has 0 radical (unpaired) electrons. The number of hydrogen-bond donors (Lipinski definition) is 2. The summed E-state index contributed by atoms with van der Waals surface area (Å²) in [6.45, 7) is 0. The molecule has 0 saturated heterocycles. The zero-order chi connectivity index (χ0) is 19.1. The fourth-order valence-corrected chi connectivity index (χ4v) is 6.63. The van der Waals surface area contributed by atoms with Gasteiger partial charge in [-0.25, -0.2) is 4.79 Å². The second-order valence-corrected chi connectivity index (χ2v) is 9.07. The van der Waals surface area contributed by atoms with Gasteiger partial charge in [0.1, 0.15) is 5.00 Å². The first-order valence-corrected chi connectivity index (χ1v) is 10.6. The van der Waals surface area contributed by atoms with Crippen molar-refractivity contribution >= 4 is 34.2 Å². The molecular weight excluding hydrogens is 366 g/mol. The first kappa shape index (κ1) is 18.5. The quantitative estimate of drug-likeness (QED) is 0.767. The van der Waals surface area contributed by atoms with E-state index in [0.717, 1.165) is 61.8 Å². The maximum Gasteiger partial charge on any atom is 0.341 e. The van der Waals surface area contributed by atoms with Crippen LogP contribution in [0.1, 0.15) is 59.3 Å². The van der Waals surface area contributed by atoms with Crippen LogP contribution in [0.25, 0.3) is 0 Å². The molecule has 3 fully saturated rings. The van der Waals surface area contributed by atoms with Gasteiger partial charge >= 0.3 is 11.9 Å². The summed E-state index contributed by atoms with van der Waals surface area (Å²) in [6.07, 6.45) is 7.44. The summed E-state index contributed by atoms with van der Waals surface area (Å²) >= 11 is 1.45.